The summed E-state index contributed by atoms with van der Waals surface area (Å²) in [6.45, 7) is 0.0992. The summed E-state index contributed by atoms with van der Waals surface area (Å²) in [5.41, 5.74) is 0.723. The second-order valence-electron chi connectivity index (χ2n) is 3.68. The van der Waals surface area contributed by atoms with E-state index >= 15 is 0 Å². The van der Waals surface area contributed by atoms with E-state index in [1.807, 2.05) is 0 Å². The number of aryl methyl sites for hydroxylation is 1. The van der Waals surface area contributed by atoms with Gasteiger partial charge in [0.15, 0.2) is 0 Å². The molecule has 0 spiro atoms. The molecule has 2 aromatic rings. The van der Waals surface area contributed by atoms with Gasteiger partial charge in [0.05, 0.1) is 12.7 Å². The Morgan fingerprint density at radius 3 is 3.00 bits per heavy atom. The molecular weight excluding hydrogens is 256 g/mol. The number of aromatic nitrogens is 2. The van der Waals surface area contributed by atoms with E-state index in [0.29, 0.717) is 35.3 Å². The monoisotopic (exact) mass is 268 g/mol. The van der Waals surface area contributed by atoms with Gasteiger partial charge in [0.25, 0.3) is 0 Å². The summed E-state index contributed by atoms with van der Waals surface area (Å²) >= 11 is 5.88. The minimum Gasteiger partial charge on any atom is -0.496 e. The summed E-state index contributed by atoms with van der Waals surface area (Å²) < 4.78 is 10.3. The van der Waals surface area contributed by atoms with Crippen LogP contribution in [0.4, 0.5) is 0 Å². The maximum atomic E-state index is 8.74. The largest absolute Gasteiger partial charge is 0.496 e. The predicted molar refractivity (Wildman–Crippen MR) is 66.7 cm³/mol. The number of methoxy groups -OCH3 is 1. The number of ether oxygens (including phenoxy) is 1. The Hall–Kier alpha value is -1.59. The van der Waals surface area contributed by atoms with Crippen LogP contribution in [0.2, 0.25) is 5.02 Å². The molecule has 5 nitrogen and oxygen atoms in total. The summed E-state index contributed by atoms with van der Waals surface area (Å²) in [4.78, 5) is 4.24. The minimum absolute atomic E-state index is 0.0992. The Kier molecular flexibility index (Phi) is 4.17. The molecule has 18 heavy (non-hydrogen) atoms. The van der Waals surface area contributed by atoms with Crippen molar-refractivity contribution in [2.45, 2.75) is 12.8 Å². The van der Waals surface area contributed by atoms with Gasteiger partial charge in [-0.25, -0.2) is 0 Å². The van der Waals surface area contributed by atoms with Gasteiger partial charge >= 0.3 is 0 Å². The molecule has 1 N–H and O–H groups in total. The standard InChI is InChI=1S/C12H13ClN2O3/c1-17-10-7-8(13)4-5-9(10)12-14-11(18-15-12)3-2-6-16/h4-5,7,16H,2-3,6H2,1H3. The van der Waals surface area contributed by atoms with Crippen molar-refractivity contribution in [1.82, 2.24) is 10.1 Å². The van der Waals surface area contributed by atoms with Crippen molar-refractivity contribution in [2.75, 3.05) is 13.7 Å². The molecule has 0 bridgehead atoms. The first-order valence-corrected chi connectivity index (χ1v) is 5.89. The normalized spacial score (nSPS) is 10.6. The summed E-state index contributed by atoms with van der Waals surface area (Å²) in [6.07, 6.45) is 1.15. The highest BCUT2D eigenvalue weighted by Crippen LogP contribution is 2.30. The van der Waals surface area contributed by atoms with E-state index in [4.69, 9.17) is 26.0 Å². The highest BCUT2D eigenvalue weighted by molar-refractivity contribution is 6.30. The summed E-state index contributed by atoms with van der Waals surface area (Å²) in [7, 11) is 1.56. The third-order valence-corrected chi connectivity index (χ3v) is 2.66. The van der Waals surface area contributed by atoms with Crippen LogP contribution in [0.15, 0.2) is 22.7 Å². The molecule has 0 aliphatic carbocycles. The number of hydrogen-bond donors (Lipinski definition) is 1. The van der Waals surface area contributed by atoms with Crippen LogP contribution >= 0.6 is 11.6 Å². The molecule has 2 rings (SSSR count). The van der Waals surface area contributed by atoms with Crippen molar-refractivity contribution in [3.63, 3.8) is 0 Å². The van der Waals surface area contributed by atoms with E-state index in [1.54, 1.807) is 25.3 Å². The van der Waals surface area contributed by atoms with Crippen molar-refractivity contribution in [3.05, 3.63) is 29.1 Å². The molecule has 0 fully saturated rings. The number of halogens is 1. The van der Waals surface area contributed by atoms with Crippen molar-refractivity contribution < 1.29 is 14.4 Å². The molecule has 96 valence electrons. The Balaban J connectivity index is 2.28. The van der Waals surface area contributed by atoms with Gasteiger partial charge in [-0.2, -0.15) is 4.98 Å². The molecule has 1 aromatic heterocycles. The van der Waals surface area contributed by atoms with Gasteiger partial charge < -0.3 is 14.4 Å². The summed E-state index contributed by atoms with van der Waals surface area (Å²) in [5, 5.41) is 13.2. The van der Waals surface area contributed by atoms with E-state index in [1.165, 1.54) is 0 Å². The lowest BCUT2D eigenvalue weighted by Gasteiger charge is -2.04. The zero-order chi connectivity index (χ0) is 13.0. The lowest BCUT2D eigenvalue weighted by atomic mass is 10.2. The van der Waals surface area contributed by atoms with Gasteiger partial charge in [-0.1, -0.05) is 16.8 Å². The van der Waals surface area contributed by atoms with Crippen molar-refractivity contribution in [2.24, 2.45) is 0 Å². The van der Waals surface area contributed by atoms with Crippen molar-refractivity contribution in [3.8, 4) is 17.1 Å². The molecule has 0 amide bonds. The lowest BCUT2D eigenvalue weighted by Crippen LogP contribution is -1.91. The molecule has 0 aliphatic rings. The Labute approximate surface area is 109 Å². The van der Waals surface area contributed by atoms with Crippen LogP contribution in [0.5, 0.6) is 5.75 Å². The molecule has 0 atom stereocenters. The number of nitrogens with zero attached hydrogens (tertiary/aromatic N) is 2. The molecule has 1 heterocycles. The fourth-order valence-electron chi connectivity index (χ4n) is 1.55. The quantitative estimate of drug-likeness (QED) is 0.901. The molecule has 0 radical (unpaired) electrons. The summed E-state index contributed by atoms with van der Waals surface area (Å²) in [5.74, 6) is 1.55. The first-order chi connectivity index (χ1) is 8.74. The average Bonchev–Trinajstić information content (AvgIpc) is 2.84. The van der Waals surface area contributed by atoms with E-state index in [0.717, 1.165) is 5.56 Å². The van der Waals surface area contributed by atoms with Crippen LogP contribution in [0.1, 0.15) is 12.3 Å². The van der Waals surface area contributed by atoms with Gasteiger partial charge in [0.1, 0.15) is 5.75 Å². The Bertz CT molecular complexity index is 528. The Morgan fingerprint density at radius 1 is 1.44 bits per heavy atom. The second kappa shape index (κ2) is 5.84. The van der Waals surface area contributed by atoms with Gasteiger partial charge in [0.2, 0.25) is 11.7 Å². The van der Waals surface area contributed by atoms with Gasteiger partial charge in [-0.05, 0) is 24.6 Å². The van der Waals surface area contributed by atoms with Crippen molar-refractivity contribution >= 4 is 11.6 Å². The Morgan fingerprint density at radius 2 is 2.28 bits per heavy atom. The molecular formula is C12H13ClN2O3. The zero-order valence-electron chi connectivity index (χ0n) is 9.89. The fourth-order valence-corrected chi connectivity index (χ4v) is 1.71. The molecule has 6 heteroatoms. The van der Waals surface area contributed by atoms with E-state index in [9.17, 15) is 0 Å². The highest BCUT2D eigenvalue weighted by atomic mass is 35.5. The third-order valence-electron chi connectivity index (χ3n) is 2.42. The fraction of sp³-hybridized carbons (Fsp3) is 0.333. The van der Waals surface area contributed by atoms with Crippen LogP contribution in [0.25, 0.3) is 11.4 Å². The van der Waals surface area contributed by atoms with Gasteiger partial charge in [0, 0.05) is 18.1 Å². The van der Waals surface area contributed by atoms with Crippen LogP contribution in [-0.4, -0.2) is 29.0 Å². The number of benzene rings is 1. The first kappa shape index (κ1) is 12.9. The van der Waals surface area contributed by atoms with E-state index in [2.05, 4.69) is 10.1 Å². The van der Waals surface area contributed by atoms with E-state index < -0.39 is 0 Å². The summed E-state index contributed by atoms with van der Waals surface area (Å²) in [6, 6.07) is 5.21. The first-order valence-electron chi connectivity index (χ1n) is 5.52. The molecule has 0 unspecified atom stereocenters. The lowest BCUT2D eigenvalue weighted by molar-refractivity contribution is 0.278. The van der Waals surface area contributed by atoms with Crippen LogP contribution in [0.3, 0.4) is 0 Å². The molecule has 0 aliphatic heterocycles. The average molecular weight is 269 g/mol. The predicted octanol–water partition coefficient (Wildman–Crippen LogP) is 2.32. The van der Waals surface area contributed by atoms with Crippen LogP contribution in [-0.2, 0) is 6.42 Å². The maximum Gasteiger partial charge on any atom is 0.227 e. The van der Waals surface area contributed by atoms with Crippen LogP contribution < -0.4 is 4.74 Å². The minimum atomic E-state index is 0.0992. The number of aliphatic hydroxyl groups is 1. The number of rotatable bonds is 5. The van der Waals surface area contributed by atoms with Crippen molar-refractivity contribution in [1.29, 1.82) is 0 Å². The zero-order valence-corrected chi connectivity index (χ0v) is 10.6. The number of hydrogen-bond acceptors (Lipinski definition) is 5. The molecule has 0 saturated heterocycles. The number of aliphatic hydroxyl groups excluding tert-OH is 1. The van der Waals surface area contributed by atoms with Gasteiger partial charge in [-0.15, -0.1) is 0 Å². The highest BCUT2D eigenvalue weighted by Gasteiger charge is 2.13. The van der Waals surface area contributed by atoms with Crippen LogP contribution in [0, 0.1) is 0 Å². The van der Waals surface area contributed by atoms with Gasteiger partial charge in [-0.3, -0.25) is 0 Å². The molecule has 0 saturated carbocycles. The second-order valence-corrected chi connectivity index (χ2v) is 4.12. The smallest absolute Gasteiger partial charge is 0.227 e. The molecule has 1 aromatic carbocycles. The SMILES string of the molecule is COc1cc(Cl)ccc1-c1noc(CCCO)n1. The topological polar surface area (TPSA) is 68.4 Å². The van der Waals surface area contributed by atoms with E-state index in [-0.39, 0.29) is 6.61 Å². The maximum absolute atomic E-state index is 8.74. The third kappa shape index (κ3) is 2.80.